The van der Waals surface area contributed by atoms with Gasteiger partial charge in [-0.15, -0.1) is 0 Å². The van der Waals surface area contributed by atoms with Crippen molar-refractivity contribution in [3.05, 3.63) is 0 Å². The maximum absolute atomic E-state index is 3.71. The average Bonchev–Trinajstić information content (AvgIpc) is 2.94. The molecule has 0 aliphatic carbocycles. The zero-order valence-electron chi connectivity index (χ0n) is 11.5. The minimum Gasteiger partial charge on any atom is -0.316 e. The summed E-state index contributed by atoms with van der Waals surface area (Å²) in [6, 6.07) is 1.71. The van der Waals surface area contributed by atoms with E-state index in [0.717, 1.165) is 18.0 Å². The molecule has 2 bridgehead atoms. The Hall–Kier alpha value is -0.0800. The maximum atomic E-state index is 3.71. The zero-order chi connectivity index (χ0) is 11.9. The van der Waals surface area contributed by atoms with Gasteiger partial charge in [-0.05, 0) is 44.7 Å². The van der Waals surface area contributed by atoms with Gasteiger partial charge in [-0.25, -0.2) is 0 Å². The van der Waals surface area contributed by atoms with E-state index in [-0.39, 0.29) is 0 Å². The van der Waals surface area contributed by atoms with E-state index in [9.17, 15) is 0 Å². The topological polar surface area (TPSA) is 24.1 Å². The van der Waals surface area contributed by atoms with Crippen molar-refractivity contribution in [1.82, 2.24) is 10.6 Å². The third-order valence-electron chi connectivity index (χ3n) is 4.55. The second-order valence-corrected chi connectivity index (χ2v) is 6.02. The fourth-order valence-electron chi connectivity index (χ4n) is 3.48. The van der Waals surface area contributed by atoms with E-state index in [1.165, 1.54) is 70.9 Å². The van der Waals surface area contributed by atoms with Gasteiger partial charge < -0.3 is 10.6 Å². The van der Waals surface area contributed by atoms with Crippen molar-refractivity contribution in [3.8, 4) is 0 Å². The molecule has 100 valence electrons. The van der Waals surface area contributed by atoms with Crippen LogP contribution in [0.25, 0.3) is 0 Å². The van der Waals surface area contributed by atoms with Crippen LogP contribution in [0.3, 0.4) is 0 Å². The summed E-state index contributed by atoms with van der Waals surface area (Å²) in [5.41, 5.74) is 0. The molecule has 2 saturated heterocycles. The molecule has 0 saturated carbocycles. The third kappa shape index (κ3) is 4.26. The predicted molar refractivity (Wildman–Crippen MR) is 74.3 cm³/mol. The fourth-order valence-corrected chi connectivity index (χ4v) is 3.48. The molecule has 3 atom stereocenters. The molecule has 0 spiro atoms. The number of fused-ring (bicyclic) bond motifs is 2. The molecule has 2 aliphatic heterocycles. The van der Waals surface area contributed by atoms with Crippen LogP contribution in [0.4, 0.5) is 0 Å². The Balaban J connectivity index is 1.39. The summed E-state index contributed by atoms with van der Waals surface area (Å²) in [4.78, 5) is 0. The van der Waals surface area contributed by atoms with Crippen molar-refractivity contribution >= 4 is 0 Å². The molecule has 0 aromatic rings. The Morgan fingerprint density at radius 2 is 1.88 bits per heavy atom. The summed E-state index contributed by atoms with van der Waals surface area (Å²) >= 11 is 0. The first-order valence-electron chi connectivity index (χ1n) is 7.87. The van der Waals surface area contributed by atoms with Crippen LogP contribution in [0.2, 0.25) is 0 Å². The van der Waals surface area contributed by atoms with Gasteiger partial charge in [-0.2, -0.15) is 0 Å². The molecule has 2 nitrogen and oxygen atoms in total. The summed E-state index contributed by atoms with van der Waals surface area (Å²) in [7, 11) is 0. The van der Waals surface area contributed by atoms with Crippen LogP contribution in [0.1, 0.15) is 64.7 Å². The molecule has 2 rings (SSSR count). The van der Waals surface area contributed by atoms with Gasteiger partial charge in [0.25, 0.3) is 0 Å². The highest BCUT2D eigenvalue weighted by atomic mass is 15.0. The first-order chi connectivity index (χ1) is 8.40. The molecule has 2 fully saturated rings. The van der Waals surface area contributed by atoms with E-state index in [2.05, 4.69) is 17.6 Å². The van der Waals surface area contributed by atoms with Crippen LogP contribution in [0, 0.1) is 5.92 Å². The number of hydrogen-bond donors (Lipinski definition) is 2. The molecule has 2 heteroatoms. The van der Waals surface area contributed by atoms with Crippen LogP contribution >= 0.6 is 0 Å². The lowest BCUT2D eigenvalue weighted by Crippen LogP contribution is -2.32. The quantitative estimate of drug-likeness (QED) is 0.603. The second-order valence-electron chi connectivity index (χ2n) is 6.02. The molecular formula is C15H30N2. The van der Waals surface area contributed by atoms with Crippen LogP contribution < -0.4 is 10.6 Å². The Bertz CT molecular complexity index is 205. The first kappa shape index (κ1) is 13.4. The van der Waals surface area contributed by atoms with Crippen molar-refractivity contribution < 1.29 is 0 Å². The van der Waals surface area contributed by atoms with E-state index >= 15 is 0 Å². The lowest BCUT2D eigenvalue weighted by molar-refractivity contribution is 0.381. The number of unbranched alkanes of at least 4 members (excludes halogenated alkanes) is 5. The molecule has 0 aromatic heterocycles. The molecular weight excluding hydrogens is 208 g/mol. The van der Waals surface area contributed by atoms with E-state index in [1.54, 1.807) is 0 Å². The summed E-state index contributed by atoms with van der Waals surface area (Å²) < 4.78 is 0. The van der Waals surface area contributed by atoms with Crippen LogP contribution in [-0.4, -0.2) is 25.2 Å². The zero-order valence-corrected chi connectivity index (χ0v) is 11.5. The van der Waals surface area contributed by atoms with Gasteiger partial charge in [0.15, 0.2) is 0 Å². The summed E-state index contributed by atoms with van der Waals surface area (Å²) in [6.45, 7) is 4.77. The molecule has 2 aliphatic rings. The normalized spacial score (nSPS) is 31.2. The van der Waals surface area contributed by atoms with Gasteiger partial charge in [-0.3, -0.25) is 0 Å². The van der Waals surface area contributed by atoms with Crippen LogP contribution in [0.15, 0.2) is 0 Å². The fraction of sp³-hybridized carbons (Fsp3) is 1.00. The summed E-state index contributed by atoms with van der Waals surface area (Å²) in [5, 5.41) is 7.38. The maximum Gasteiger partial charge on any atom is 0.0111 e. The molecule has 0 aromatic carbocycles. The van der Waals surface area contributed by atoms with E-state index in [1.807, 2.05) is 0 Å². The molecule has 17 heavy (non-hydrogen) atoms. The first-order valence-corrected chi connectivity index (χ1v) is 7.87. The van der Waals surface area contributed by atoms with Gasteiger partial charge >= 0.3 is 0 Å². The largest absolute Gasteiger partial charge is 0.316 e. The smallest absolute Gasteiger partial charge is 0.0111 e. The number of rotatable bonds is 9. The van der Waals surface area contributed by atoms with Gasteiger partial charge in [0.2, 0.25) is 0 Å². The lowest BCUT2D eigenvalue weighted by atomic mass is 9.89. The third-order valence-corrected chi connectivity index (χ3v) is 4.55. The Labute approximate surface area is 107 Å². The van der Waals surface area contributed by atoms with Gasteiger partial charge in [-0.1, -0.05) is 39.0 Å². The highest BCUT2D eigenvalue weighted by Gasteiger charge is 2.38. The highest BCUT2D eigenvalue weighted by Crippen LogP contribution is 2.32. The van der Waals surface area contributed by atoms with Crippen LogP contribution in [0.5, 0.6) is 0 Å². The Morgan fingerprint density at radius 1 is 1.06 bits per heavy atom. The van der Waals surface area contributed by atoms with Crippen molar-refractivity contribution in [2.24, 2.45) is 5.92 Å². The van der Waals surface area contributed by atoms with Crippen LogP contribution in [-0.2, 0) is 0 Å². The summed E-state index contributed by atoms with van der Waals surface area (Å²) in [5.74, 6) is 0.925. The molecule has 3 unspecified atom stereocenters. The predicted octanol–water partition coefficient (Wildman–Crippen LogP) is 3.08. The number of nitrogens with one attached hydrogen (secondary N) is 2. The Kier molecular flexibility index (Phi) is 5.79. The van der Waals surface area contributed by atoms with E-state index in [4.69, 9.17) is 0 Å². The van der Waals surface area contributed by atoms with E-state index in [0.29, 0.717) is 0 Å². The van der Waals surface area contributed by atoms with Crippen molar-refractivity contribution in [2.75, 3.05) is 13.1 Å². The monoisotopic (exact) mass is 238 g/mol. The second kappa shape index (κ2) is 7.38. The number of hydrogen-bond acceptors (Lipinski definition) is 2. The van der Waals surface area contributed by atoms with Gasteiger partial charge in [0.1, 0.15) is 0 Å². The molecule has 0 radical (unpaired) electrons. The van der Waals surface area contributed by atoms with Gasteiger partial charge in [0, 0.05) is 12.1 Å². The van der Waals surface area contributed by atoms with Crippen molar-refractivity contribution in [1.29, 1.82) is 0 Å². The summed E-state index contributed by atoms with van der Waals surface area (Å²) in [6.07, 6.45) is 12.7. The standard InChI is InChI=1S/C15H30N2/c1-2-3-4-5-6-7-10-16-12-13-11-14-8-9-15(13)17-14/h13-17H,2-12H2,1H3. The molecule has 2 heterocycles. The van der Waals surface area contributed by atoms with E-state index < -0.39 is 0 Å². The Morgan fingerprint density at radius 3 is 2.59 bits per heavy atom. The minimum absolute atomic E-state index is 0.844. The SMILES string of the molecule is CCCCCCCCNCC1CC2CCC1N2. The molecule has 0 amide bonds. The van der Waals surface area contributed by atoms with Gasteiger partial charge in [0.05, 0.1) is 0 Å². The minimum atomic E-state index is 0.844. The highest BCUT2D eigenvalue weighted by molar-refractivity contribution is 4.97. The lowest BCUT2D eigenvalue weighted by Gasteiger charge is -2.20. The van der Waals surface area contributed by atoms with Crippen molar-refractivity contribution in [2.45, 2.75) is 76.8 Å². The van der Waals surface area contributed by atoms with Crippen molar-refractivity contribution in [3.63, 3.8) is 0 Å². The average molecular weight is 238 g/mol. The molecule has 2 N–H and O–H groups in total.